The molecule has 144 valence electrons. The van der Waals surface area contributed by atoms with Crippen molar-refractivity contribution in [1.82, 2.24) is 10.3 Å². The minimum atomic E-state index is -0.316. The second kappa shape index (κ2) is 8.15. The highest BCUT2D eigenvalue weighted by molar-refractivity contribution is 6.10. The fourth-order valence-electron chi connectivity index (χ4n) is 3.57. The third kappa shape index (κ3) is 3.69. The number of aromatic nitrogens is 1. The van der Waals surface area contributed by atoms with Crippen LogP contribution in [0.25, 0.3) is 22.2 Å². The standard InChI is InChI=1S/C25H22N2O2/c1-2-17-10-6-7-13-19(17)16-26-25(29)22-20-14-8-9-15-21(20)27-23(24(22)28)18-11-4-3-5-12-18/h3-15,28H,2,16H2,1H3,(H,26,29). The average molecular weight is 382 g/mol. The number of benzene rings is 3. The van der Waals surface area contributed by atoms with Crippen LogP contribution in [0.1, 0.15) is 28.4 Å². The second-order valence-electron chi connectivity index (χ2n) is 6.87. The molecule has 4 heteroatoms. The number of para-hydroxylation sites is 1. The largest absolute Gasteiger partial charge is 0.505 e. The van der Waals surface area contributed by atoms with E-state index in [-0.39, 0.29) is 17.2 Å². The van der Waals surface area contributed by atoms with E-state index >= 15 is 0 Å². The van der Waals surface area contributed by atoms with E-state index in [1.54, 1.807) is 0 Å². The molecule has 4 rings (SSSR count). The van der Waals surface area contributed by atoms with Crippen LogP contribution in [0.15, 0.2) is 78.9 Å². The van der Waals surface area contributed by atoms with Gasteiger partial charge in [-0.25, -0.2) is 4.98 Å². The van der Waals surface area contributed by atoms with Crippen molar-refractivity contribution in [2.45, 2.75) is 19.9 Å². The third-order valence-electron chi connectivity index (χ3n) is 5.08. The molecule has 1 amide bonds. The molecule has 0 saturated heterocycles. The molecule has 0 spiro atoms. The minimum absolute atomic E-state index is 0.101. The Bertz CT molecular complexity index is 1170. The molecule has 29 heavy (non-hydrogen) atoms. The van der Waals surface area contributed by atoms with Crippen molar-refractivity contribution >= 4 is 16.8 Å². The Morgan fingerprint density at radius 3 is 2.31 bits per heavy atom. The van der Waals surface area contributed by atoms with Crippen LogP contribution in [0.5, 0.6) is 5.75 Å². The topological polar surface area (TPSA) is 62.2 Å². The van der Waals surface area contributed by atoms with Crippen LogP contribution in [-0.2, 0) is 13.0 Å². The van der Waals surface area contributed by atoms with E-state index in [1.165, 1.54) is 5.56 Å². The minimum Gasteiger partial charge on any atom is -0.505 e. The number of nitrogens with one attached hydrogen (secondary N) is 1. The van der Waals surface area contributed by atoms with Crippen LogP contribution in [0.2, 0.25) is 0 Å². The average Bonchev–Trinajstić information content (AvgIpc) is 2.77. The molecule has 0 unspecified atom stereocenters. The lowest BCUT2D eigenvalue weighted by Gasteiger charge is -2.14. The van der Waals surface area contributed by atoms with Crippen LogP contribution in [-0.4, -0.2) is 16.0 Å². The van der Waals surface area contributed by atoms with Crippen LogP contribution >= 0.6 is 0 Å². The Morgan fingerprint density at radius 2 is 1.55 bits per heavy atom. The fourth-order valence-corrected chi connectivity index (χ4v) is 3.57. The van der Waals surface area contributed by atoms with Gasteiger partial charge >= 0.3 is 0 Å². The van der Waals surface area contributed by atoms with E-state index in [2.05, 4.69) is 23.3 Å². The number of pyridine rings is 1. The summed E-state index contributed by atoms with van der Waals surface area (Å²) in [5.41, 5.74) is 4.36. The first-order valence-corrected chi connectivity index (χ1v) is 9.71. The zero-order valence-corrected chi connectivity index (χ0v) is 16.2. The van der Waals surface area contributed by atoms with E-state index in [4.69, 9.17) is 0 Å². The molecular weight excluding hydrogens is 360 g/mol. The Morgan fingerprint density at radius 1 is 0.897 bits per heavy atom. The Labute approximate surface area is 169 Å². The summed E-state index contributed by atoms with van der Waals surface area (Å²) in [5.74, 6) is -0.416. The molecule has 3 aromatic carbocycles. The second-order valence-corrected chi connectivity index (χ2v) is 6.87. The number of carbonyl (C=O) groups is 1. The number of rotatable bonds is 5. The molecule has 2 N–H and O–H groups in total. The number of carbonyl (C=O) groups excluding carboxylic acids is 1. The third-order valence-corrected chi connectivity index (χ3v) is 5.08. The van der Waals surface area contributed by atoms with Gasteiger partial charge in [0.05, 0.1) is 11.1 Å². The summed E-state index contributed by atoms with van der Waals surface area (Å²) in [7, 11) is 0. The van der Waals surface area contributed by atoms with Crippen molar-refractivity contribution in [2.75, 3.05) is 0 Å². The van der Waals surface area contributed by atoms with Crippen molar-refractivity contribution < 1.29 is 9.90 Å². The normalized spacial score (nSPS) is 10.8. The van der Waals surface area contributed by atoms with E-state index < -0.39 is 0 Å². The Hall–Kier alpha value is -3.66. The van der Waals surface area contributed by atoms with Crippen LogP contribution in [0.3, 0.4) is 0 Å². The quantitative estimate of drug-likeness (QED) is 0.505. The highest BCUT2D eigenvalue weighted by Crippen LogP contribution is 2.35. The fraction of sp³-hybridized carbons (Fsp3) is 0.120. The van der Waals surface area contributed by atoms with Gasteiger partial charge in [0, 0.05) is 17.5 Å². The van der Waals surface area contributed by atoms with Gasteiger partial charge in [0.2, 0.25) is 0 Å². The van der Waals surface area contributed by atoms with Crippen molar-refractivity contribution in [3.05, 3.63) is 95.6 Å². The van der Waals surface area contributed by atoms with E-state index in [0.717, 1.165) is 17.5 Å². The maximum atomic E-state index is 13.1. The van der Waals surface area contributed by atoms with Gasteiger partial charge < -0.3 is 10.4 Å². The lowest BCUT2D eigenvalue weighted by atomic mass is 10.0. The highest BCUT2D eigenvalue weighted by Gasteiger charge is 2.21. The van der Waals surface area contributed by atoms with Gasteiger partial charge in [0.15, 0.2) is 5.75 Å². The van der Waals surface area contributed by atoms with Crippen LogP contribution in [0, 0.1) is 0 Å². The zero-order valence-electron chi connectivity index (χ0n) is 16.2. The predicted molar refractivity (Wildman–Crippen MR) is 116 cm³/mol. The molecule has 0 fully saturated rings. The molecule has 0 aliphatic rings. The molecule has 4 aromatic rings. The van der Waals surface area contributed by atoms with E-state index in [1.807, 2.05) is 72.8 Å². The zero-order chi connectivity index (χ0) is 20.2. The Balaban J connectivity index is 1.76. The number of hydrogen-bond donors (Lipinski definition) is 2. The summed E-state index contributed by atoms with van der Waals surface area (Å²) in [6, 6.07) is 24.8. The molecule has 4 nitrogen and oxygen atoms in total. The molecule has 1 aromatic heterocycles. The maximum Gasteiger partial charge on any atom is 0.256 e. The lowest BCUT2D eigenvalue weighted by Crippen LogP contribution is -2.24. The number of hydrogen-bond acceptors (Lipinski definition) is 3. The van der Waals surface area contributed by atoms with Gasteiger partial charge in [0.25, 0.3) is 5.91 Å². The van der Waals surface area contributed by atoms with Gasteiger partial charge in [-0.05, 0) is 23.6 Å². The smallest absolute Gasteiger partial charge is 0.256 e. The summed E-state index contributed by atoms with van der Waals surface area (Å²) < 4.78 is 0. The first kappa shape index (κ1) is 18.7. The number of amides is 1. The number of aromatic hydroxyl groups is 1. The molecule has 0 aliphatic carbocycles. The summed E-state index contributed by atoms with van der Waals surface area (Å²) in [4.78, 5) is 17.7. The maximum absolute atomic E-state index is 13.1. The molecule has 1 heterocycles. The van der Waals surface area contributed by atoms with E-state index in [0.29, 0.717) is 23.1 Å². The van der Waals surface area contributed by atoms with Crippen molar-refractivity contribution in [2.24, 2.45) is 0 Å². The van der Waals surface area contributed by atoms with Crippen molar-refractivity contribution in [1.29, 1.82) is 0 Å². The van der Waals surface area contributed by atoms with Gasteiger partial charge in [-0.1, -0.05) is 79.7 Å². The summed E-state index contributed by atoms with van der Waals surface area (Å²) in [5, 5.41) is 14.6. The van der Waals surface area contributed by atoms with Gasteiger partial charge in [0.1, 0.15) is 5.69 Å². The molecular formula is C25H22N2O2. The summed E-state index contributed by atoms with van der Waals surface area (Å²) in [6.45, 7) is 2.49. The molecule has 0 bridgehead atoms. The molecule has 0 aliphatic heterocycles. The number of fused-ring (bicyclic) bond motifs is 1. The number of nitrogens with zero attached hydrogens (tertiary/aromatic N) is 1. The summed E-state index contributed by atoms with van der Waals surface area (Å²) in [6.07, 6.45) is 0.896. The molecule has 0 radical (unpaired) electrons. The van der Waals surface area contributed by atoms with Gasteiger partial charge in [-0.15, -0.1) is 0 Å². The van der Waals surface area contributed by atoms with E-state index in [9.17, 15) is 9.90 Å². The SMILES string of the molecule is CCc1ccccc1CNC(=O)c1c(O)c(-c2ccccc2)nc2ccccc12. The number of aryl methyl sites for hydroxylation is 1. The Kier molecular flexibility index (Phi) is 5.25. The van der Waals surface area contributed by atoms with Crippen molar-refractivity contribution in [3.8, 4) is 17.0 Å². The highest BCUT2D eigenvalue weighted by atomic mass is 16.3. The van der Waals surface area contributed by atoms with Crippen LogP contribution in [0.4, 0.5) is 0 Å². The predicted octanol–water partition coefficient (Wildman–Crippen LogP) is 5.10. The first-order valence-electron chi connectivity index (χ1n) is 9.71. The summed E-state index contributed by atoms with van der Waals surface area (Å²) >= 11 is 0. The monoisotopic (exact) mass is 382 g/mol. The van der Waals surface area contributed by atoms with Crippen LogP contribution < -0.4 is 5.32 Å². The van der Waals surface area contributed by atoms with Gasteiger partial charge in [-0.2, -0.15) is 0 Å². The van der Waals surface area contributed by atoms with Gasteiger partial charge in [-0.3, -0.25) is 4.79 Å². The van der Waals surface area contributed by atoms with Crippen molar-refractivity contribution in [3.63, 3.8) is 0 Å². The lowest BCUT2D eigenvalue weighted by molar-refractivity contribution is 0.0950. The molecule has 0 saturated carbocycles. The molecule has 0 atom stereocenters. The first-order chi connectivity index (χ1) is 14.2.